The first-order valence-electron chi connectivity index (χ1n) is 11.0. The molecule has 0 aliphatic carbocycles. The molecule has 1 atom stereocenters. The zero-order chi connectivity index (χ0) is 25.2. The van der Waals surface area contributed by atoms with Crippen molar-refractivity contribution in [2.45, 2.75) is 38.9 Å². The van der Waals surface area contributed by atoms with E-state index in [1.165, 1.54) is 7.11 Å². The molecule has 13 heteroatoms. The van der Waals surface area contributed by atoms with Crippen molar-refractivity contribution in [2.75, 3.05) is 30.8 Å². The van der Waals surface area contributed by atoms with Gasteiger partial charge in [0.2, 0.25) is 5.95 Å². The fourth-order valence-electron chi connectivity index (χ4n) is 3.73. The average Bonchev–Trinajstić information content (AvgIpc) is 3.50. The molecule has 0 saturated carbocycles. The van der Waals surface area contributed by atoms with Gasteiger partial charge in [0.15, 0.2) is 5.82 Å². The van der Waals surface area contributed by atoms with E-state index in [1.54, 1.807) is 36.9 Å². The van der Waals surface area contributed by atoms with Crippen molar-refractivity contribution < 1.29 is 22.7 Å². The maximum absolute atomic E-state index is 13.6. The monoisotopic (exact) mass is 490 g/mol. The van der Waals surface area contributed by atoms with Crippen molar-refractivity contribution in [3.05, 3.63) is 47.2 Å². The number of carbonyl (C=O) groups is 1. The van der Waals surface area contributed by atoms with E-state index >= 15 is 0 Å². The molecule has 2 aromatic heterocycles. The first kappa shape index (κ1) is 24.2. The summed E-state index contributed by atoms with van der Waals surface area (Å²) in [6, 6.07) is 4.16. The number of carbonyl (C=O) groups excluding carboxylic acids is 1. The van der Waals surface area contributed by atoms with Gasteiger partial charge in [0, 0.05) is 24.8 Å². The summed E-state index contributed by atoms with van der Waals surface area (Å²) in [7, 11) is 1.44. The van der Waals surface area contributed by atoms with Crippen LogP contribution in [0.2, 0.25) is 0 Å². The van der Waals surface area contributed by atoms with Gasteiger partial charge >= 0.3 is 6.18 Å². The average molecular weight is 490 g/mol. The molecule has 1 unspecified atom stereocenters. The van der Waals surface area contributed by atoms with Crippen LogP contribution in [0.4, 0.5) is 30.6 Å². The number of hydrogen-bond donors (Lipinski definition) is 3. The van der Waals surface area contributed by atoms with Gasteiger partial charge in [-0.1, -0.05) is 0 Å². The number of aromatic amines is 1. The molecule has 1 aliphatic rings. The van der Waals surface area contributed by atoms with Gasteiger partial charge in [-0.3, -0.25) is 9.89 Å². The normalized spacial score (nSPS) is 14.6. The Morgan fingerprint density at radius 1 is 1.23 bits per heavy atom. The minimum absolute atomic E-state index is 0.0872. The van der Waals surface area contributed by atoms with Crippen LogP contribution in [-0.4, -0.2) is 56.2 Å². The van der Waals surface area contributed by atoms with Gasteiger partial charge in [0.25, 0.3) is 5.91 Å². The highest BCUT2D eigenvalue weighted by Crippen LogP contribution is 2.36. The van der Waals surface area contributed by atoms with Crippen LogP contribution in [0.15, 0.2) is 24.4 Å². The lowest BCUT2D eigenvalue weighted by molar-refractivity contribution is -0.137. The standard InChI is InChI=1S/C22H25F3N8O2/c1-12(18-28-13(2)31-32-18)27-19-15(22(23,24)25)11-26-21(30-19)29-16-7-6-14(10-17(16)35-3)20(34)33-8-4-5-9-33/h6-7,10-12H,4-5,8-9H2,1-3H3,(H,28,31,32)(H2,26,27,29,30). The van der Waals surface area contributed by atoms with Crippen LogP contribution in [-0.2, 0) is 6.18 Å². The number of rotatable bonds is 7. The largest absolute Gasteiger partial charge is 0.495 e. The third-order valence-electron chi connectivity index (χ3n) is 5.54. The molecule has 3 heterocycles. The summed E-state index contributed by atoms with van der Waals surface area (Å²) in [5.74, 6) is 0.552. The van der Waals surface area contributed by atoms with Crippen LogP contribution in [0.5, 0.6) is 5.75 Å². The van der Waals surface area contributed by atoms with Crippen LogP contribution in [0.25, 0.3) is 0 Å². The molecule has 186 valence electrons. The summed E-state index contributed by atoms with van der Waals surface area (Å²) in [6.07, 6.45) is -2.03. The number of halogens is 3. The Morgan fingerprint density at radius 3 is 2.60 bits per heavy atom. The number of aromatic nitrogens is 5. The zero-order valence-electron chi connectivity index (χ0n) is 19.4. The van der Waals surface area contributed by atoms with Crippen LogP contribution in [0, 0.1) is 6.92 Å². The van der Waals surface area contributed by atoms with Crippen LogP contribution in [0.3, 0.4) is 0 Å². The maximum atomic E-state index is 13.6. The number of nitrogens with zero attached hydrogens (tertiary/aromatic N) is 5. The van der Waals surface area contributed by atoms with Gasteiger partial charge < -0.3 is 20.3 Å². The smallest absolute Gasteiger partial charge is 0.421 e. The lowest BCUT2D eigenvalue weighted by atomic mass is 10.1. The Bertz CT molecular complexity index is 1210. The van der Waals surface area contributed by atoms with E-state index in [-0.39, 0.29) is 11.9 Å². The molecular formula is C22H25F3N8O2. The highest BCUT2D eigenvalue weighted by atomic mass is 19.4. The molecule has 1 fully saturated rings. The summed E-state index contributed by atoms with van der Waals surface area (Å²) in [5.41, 5.74) is -0.171. The summed E-state index contributed by atoms with van der Waals surface area (Å²) in [6.45, 7) is 4.73. The van der Waals surface area contributed by atoms with E-state index in [9.17, 15) is 18.0 Å². The Kier molecular flexibility index (Phi) is 6.76. The van der Waals surface area contributed by atoms with Crippen molar-refractivity contribution in [3.63, 3.8) is 0 Å². The van der Waals surface area contributed by atoms with E-state index in [0.717, 1.165) is 12.8 Å². The van der Waals surface area contributed by atoms with Gasteiger partial charge in [-0.25, -0.2) is 9.97 Å². The van der Waals surface area contributed by atoms with Gasteiger partial charge in [-0.05, 0) is 44.9 Å². The number of benzene rings is 1. The molecule has 1 saturated heterocycles. The molecule has 3 N–H and O–H groups in total. The Labute approximate surface area is 199 Å². The van der Waals surface area contributed by atoms with Crippen molar-refractivity contribution in [2.24, 2.45) is 0 Å². The predicted octanol–water partition coefficient (Wildman–Crippen LogP) is 4.08. The highest BCUT2D eigenvalue weighted by molar-refractivity contribution is 5.95. The van der Waals surface area contributed by atoms with Crippen LogP contribution in [0.1, 0.15) is 53.4 Å². The lowest BCUT2D eigenvalue weighted by Crippen LogP contribution is -2.27. The van der Waals surface area contributed by atoms with E-state index < -0.39 is 23.6 Å². The highest BCUT2D eigenvalue weighted by Gasteiger charge is 2.36. The zero-order valence-corrected chi connectivity index (χ0v) is 19.4. The number of aryl methyl sites for hydroxylation is 1. The third kappa shape index (κ3) is 5.44. The molecule has 4 rings (SSSR count). The molecule has 1 aliphatic heterocycles. The molecule has 0 radical (unpaired) electrons. The van der Waals surface area contributed by atoms with E-state index in [2.05, 4.69) is 35.8 Å². The molecule has 0 spiro atoms. The third-order valence-corrected chi connectivity index (χ3v) is 5.54. The molecule has 35 heavy (non-hydrogen) atoms. The lowest BCUT2D eigenvalue weighted by Gasteiger charge is -2.18. The second-order valence-electron chi connectivity index (χ2n) is 8.14. The number of hydrogen-bond acceptors (Lipinski definition) is 8. The Balaban J connectivity index is 1.60. The number of methoxy groups -OCH3 is 1. The quantitative estimate of drug-likeness (QED) is 0.453. The SMILES string of the molecule is COc1cc(C(=O)N2CCCC2)ccc1Nc1ncc(C(F)(F)F)c(NC(C)c2n[nH]c(C)n2)n1. The van der Waals surface area contributed by atoms with Gasteiger partial charge in [0.05, 0.1) is 18.8 Å². The fraction of sp³-hybridized carbons (Fsp3) is 0.409. The van der Waals surface area contributed by atoms with Crippen molar-refractivity contribution in [1.82, 2.24) is 30.0 Å². The second-order valence-corrected chi connectivity index (χ2v) is 8.14. The van der Waals surface area contributed by atoms with E-state index in [0.29, 0.717) is 47.9 Å². The number of H-pyrrole nitrogens is 1. The second kappa shape index (κ2) is 9.76. The summed E-state index contributed by atoms with van der Waals surface area (Å²) >= 11 is 0. The van der Waals surface area contributed by atoms with Gasteiger partial charge in [-0.2, -0.15) is 23.3 Å². The summed E-state index contributed by atoms with van der Waals surface area (Å²) < 4.78 is 46.2. The topological polar surface area (TPSA) is 121 Å². The Morgan fingerprint density at radius 2 is 1.97 bits per heavy atom. The Hall–Kier alpha value is -3.90. The van der Waals surface area contributed by atoms with Crippen molar-refractivity contribution >= 4 is 23.4 Å². The summed E-state index contributed by atoms with van der Waals surface area (Å²) in [5, 5.41) is 12.2. The molecule has 1 aromatic carbocycles. The van der Waals surface area contributed by atoms with Crippen LogP contribution >= 0.6 is 0 Å². The predicted molar refractivity (Wildman–Crippen MR) is 122 cm³/mol. The number of likely N-dealkylation sites (tertiary alicyclic amines) is 1. The number of nitrogens with one attached hydrogen (secondary N) is 3. The van der Waals surface area contributed by atoms with E-state index in [1.807, 2.05) is 0 Å². The summed E-state index contributed by atoms with van der Waals surface area (Å²) in [4.78, 5) is 26.5. The minimum Gasteiger partial charge on any atom is -0.495 e. The molecule has 0 bridgehead atoms. The number of ether oxygens (including phenoxy) is 1. The first-order valence-corrected chi connectivity index (χ1v) is 11.0. The van der Waals surface area contributed by atoms with Gasteiger partial charge in [0.1, 0.15) is 23.0 Å². The maximum Gasteiger partial charge on any atom is 0.421 e. The molecule has 3 aromatic rings. The number of amides is 1. The van der Waals surface area contributed by atoms with Crippen molar-refractivity contribution in [3.8, 4) is 5.75 Å². The first-order chi connectivity index (χ1) is 16.7. The van der Waals surface area contributed by atoms with E-state index in [4.69, 9.17) is 4.74 Å². The fourth-order valence-corrected chi connectivity index (χ4v) is 3.73. The minimum atomic E-state index is -4.68. The van der Waals surface area contributed by atoms with Crippen LogP contribution < -0.4 is 15.4 Å². The molecule has 1 amide bonds. The number of anilines is 3. The van der Waals surface area contributed by atoms with Gasteiger partial charge in [-0.15, -0.1) is 0 Å². The molecular weight excluding hydrogens is 465 g/mol. The molecule has 10 nitrogen and oxygen atoms in total. The van der Waals surface area contributed by atoms with Crippen molar-refractivity contribution in [1.29, 1.82) is 0 Å². The number of alkyl halides is 3.